The quantitative estimate of drug-likeness (QED) is 0.803. The molecule has 80 valence electrons. The zero-order valence-corrected chi connectivity index (χ0v) is 9.53. The maximum Gasteiger partial charge on any atom is 0.333 e. The SMILES string of the molecule is O=C(O)C(O)C1CCCCC/C=C\1Br. The summed E-state index contributed by atoms with van der Waals surface area (Å²) in [6.07, 6.45) is 5.64. The molecule has 0 heterocycles. The Morgan fingerprint density at radius 1 is 1.50 bits per heavy atom. The second-order valence-corrected chi connectivity index (χ2v) is 4.53. The van der Waals surface area contributed by atoms with E-state index in [-0.39, 0.29) is 5.92 Å². The van der Waals surface area contributed by atoms with Gasteiger partial charge in [0.05, 0.1) is 0 Å². The Hall–Kier alpha value is -0.350. The number of halogens is 1. The van der Waals surface area contributed by atoms with Gasteiger partial charge in [-0.3, -0.25) is 0 Å². The van der Waals surface area contributed by atoms with E-state index in [1.165, 1.54) is 0 Å². The van der Waals surface area contributed by atoms with Gasteiger partial charge in [0.15, 0.2) is 6.10 Å². The summed E-state index contributed by atoms with van der Waals surface area (Å²) in [4.78, 5) is 10.6. The van der Waals surface area contributed by atoms with E-state index in [0.29, 0.717) is 0 Å². The van der Waals surface area contributed by atoms with Crippen LogP contribution in [0.2, 0.25) is 0 Å². The molecule has 0 bridgehead atoms. The summed E-state index contributed by atoms with van der Waals surface area (Å²) in [6, 6.07) is 0. The summed E-state index contributed by atoms with van der Waals surface area (Å²) in [6.45, 7) is 0. The highest BCUT2D eigenvalue weighted by Gasteiger charge is 2.27. The molecule has 0 saturated carbocycles. The van der Waals surface area contributed by atoms with Crippen LogP contribution in [0.1, 0.15) is 32.1 Å². The van der Waals surface area contributed by atoms with Gasteiger partial charge >= 0.3 is 5.97 Å². The molecular formula is C10H15BrO3. The van der Waals surface area contributed by atoms with Crippen molar-refractivity contribution in [3.8, 4) is 0 Å². The largest absolute Gasteiger partial charge is 0.479 e. The van der Waals surface area contributed by atoms with Gasteiger partial charge in [-0.2, -0.15) is 0 Å². The lowest BCUT2D eigenvalue weighted by Gasteiger charge is -2.21. The molecule has 0 aromatic rings. The molecule has 0 amide bonds. The van der Waals surface area contributed by atoms with Gasteiger partial charge in [0.2, 0.25) is 0 Å². The molecule has 0 aliphatic heterocycles. The number of rotatable bonds is 2. The van der Waals surface area contributed by atoms with E-state index >= 15 is 0 Å². The number of aliphatic carboxylic acids is 1. The first-order valence-electron chi connectivity index (χ1n) is 4.89. The number of carboxylic acid groups (broad SMARTS) is 1. The highest BCUT2D eigenvalue weighted by Crippen LogP contribution is 2.30. The molecule has 0 fully saturated rings. The molecule has 0 radical (unpaired) electrons. The summed E-state index contributed by atoms with van der Waals surface area (Å²) >= 11 is 3.35. The van der Waals surface area contributed by atoms with E-state index in [1.54, 1.807) is 0 Å². The Morgan fingerprint density at radius 3 is 2.86 bits per heavy atom. The molecule has 2 atom stereocenters. The highest BCUT2D eigenvalue weighted by molar-refractivity contribution is 9.11. The molecule has 2 unspecified atom stereocenters. The maximum absolute atomic E-state index is 10.6. The number of aliphatic hydroxyl groups is 1. The first kappa shape index (κ1) is 11.7. The average Bonchev–Trinajstić information content (AvgIpc) is 2.11. The van der Waals surface area contributed by atoms with Gasteiger partial charge in [-0.05, 0) is 23.7 Å². The lowest BCUT2D eigenvalue weighted by atomic mass is 9.92. The fraction of sp³-hybridized carbons (Fsp3) is 0.700. The van der Waals surface area contributed by atoms with E-state index in [1.807, 2.05) is 6.08 Å². The number of carbonyl (C=O) groups is 1. The van der Waals surface area contributed by atoms with Crippen LogP contribution in [0.15, 0.2) is 10.6 Å². The molecule has 0 aromatic carbocycles. The van der Waals surface area contributed by atoms with E-state index in [9.17, 15) is 9.90 Å². The summed E-state index contributed by atoms with van der Waals surface area (Å²) < 4.78 is 0.840. The molecule has 0 aromatic heterocycles. The standard InChI is InChI=1S/C10H15BrO3/c11-8-6-4-2-1-3-5-7(8)9(12)10(13)14/h6-7,9,12H,1-5H2,(H,13,14)/b8-6+. The topological polar surface area (TPSA) is 57.5 Å². The lowest BCUT2D eigenvalue weighted by Crippen LogP contribution is -2.29. The minimum atomic E-state index is -1.28. The van der Waals surface area contributed by atoms with Crippen LogP contribution >= 0.6 is 15.9 Å². The zero-order chi connectivity index (χ0) is 10.6. The Labute approximate surface area is 91.9 Å². The average molecular weight is 263 g/mol. The van der Waals surface area contributed by atoms with Gasteiger partial charge < -0.3 is 10.2 Å². The van der Waals surface area contributed by atoms with Crippen LogP contribution in [0.25, 0.3) is 0 Å². The van der Waals surface area contributed by atoms with Crippen molar-refractivity contribution in [3.05, 3.63) is 10.6 Å². The number of carboxylic acids is 1. The second-order valence-electron chi connectivity index (χ2n) is 3.62. The number of hydrogen-bond acceptors (Lipinski definition) is 2. The van der Waals surface area contributed by atoms with Crippen LogP contribution in [0, 0.1) is 5.92 Å². The Morgan fingerprint density at radius 2 is 2.21 bits per heavy atom. The van der Waals surface area contributed by atoms with Gasteiger partial charge in [-0.15, -0.1) is 0 Å². The van der Waals surface area contributed by atoms with Crippen molar-refractivity contribution in [2.75, 3.05) is 0 Å². The molecule has 1 aliphatic carbocycles. The number of hydrogen-bond donors (Lipinski definition) is 2. The van der Waals surface area contributed by atoms with Crippen molar-refractivity contribution < 1.29 is 15.0 Å². The first-order valence-corrected chi connectivity index (χ1v) is 5.68. The predicted molar refractivity (Wildman–Crippen MR) is 57.2 cm³/mol. The van der Waals surface area contributed by atoms with Crippen LogP contribution in [-0.4, -0.2) is 22.3 Å². The highest BCUT2D eigenvalue weighted by atomic mass is 79.9. The minimum absolute atomic E-state index is 0.271. The summed E-state index contributed by atoms with van der Waals surface area (Å²) in [5, 5.41) is 18.2. The summed E-state index contributed by atoms with van der Waals surface area (Å²) in [5.41, 5.74) is 0. The van der Waals surface area contributed by atoms with Crippen molar-refractivity contribution in [2.24, 2.45) is 5.92 Å². The van der Waals surface area contributed by atoms with Gasteiger partial charge in [0.1, 0.15) is 0 Å². The Kier molecular flexibility index (Phi) is 4.62. The predicted octanol–water partition coefficient (Wildman–Crippen LogP) is 2.29. The normalized spacial score (nSPS) is 29.6. The van der Waals surface area contributed by atoms with Gasteiger partial charge in [0, 0.05) is 5.92 Å². The minimum Gasteiger partial charge on any atom is -0.479 e. The van der Waals surface area contributed by atoms with E-state index in [4.69, 9.17) is 5.11 Å². The van der Waals surface area contributed by atoms with Crippen molar-refractivity contribution in [3.63, 3.8) is 0 Å². The van der Waals surface area contributed by atoms with Crippen LogP contribution in [0.5, 0.6) is 0 Å². The van der Waals surface area contributed by atoms with Crippen molar-refractivity contribution >= 4 is 21.9 Å². The van der Waals surface area contributed by atoms with Crippen LogP contribution < -0.4 is 0 Å². The lowest BCUT2D eigenvalue weighted by molar-refractivity contribution is -0.148. The molecule has 2 N–H and O–H groups in total. The van der Waals surface area contributed by atoms with Crippen molar-refractivity contribution in [1.82, 2.24) is 0 Å². The fourth-order valence-corrected chi connectivity index (χ4v) is 2.40. The third-order valence-electron chi connectivity index (χ3n) is 2.55. The molecule has 14 heavy (non-hydrogen) atoms. The molecule has 0 saturated heterocycles. The van der Waals surface area contributed by atoms with Crippen molar-refractivity contribution in [2.45, 2.75) is 38.2 Å². The monoisotopic (exact) mass is 262 g/mol. The molecular weight excluding hydrogens is 248 g/mol. The molecule has 3 nitrogen and oxygen atoms in total. The Balaban J connectivity index is 2.71. The van der Waals surface area contributed by atoms with E-state index in [0.717, 1.165) is 36.6 Å². The number of allylic oxidation sites excluding steroid dienone is 1. The fourth-order valence-electron chi connectivity index (χ4n) is 1.70. The molecule has 0 spiro atoms. The van der Waals surface area contributed by atoms with Gasteiger partial charge in [-0.1, -0.05) is 34.8 Å². The third kappa shape index (κ3) is 3.10. The molecule has 4 heteroatoms. The maximum atomic E-state index is 10.6. The third-order valence-corrected chi connectivity index (χ3v) is 3.46. The van der Waals surface area contributed by atoms with Gasteiger partial charge in [0.25, 0.3) is 0 Å². The molecule has 1 aliphatic rings. The van der Waals surface area contributed by atoms with Crippen LogP contribution in [0.3, 0.4) is 0 Å². The van der Waals surface area contributed by atoms with E-state index < -0.39 is 12.1 Å². The van der Waals surface area contributed by atoms with E-state index in [2.05, 4.69) is 15.9 Å². The first-order chi connectivity index (χ1) is 6.63. The van der Waals surface area contributed by atoms with Crippen molar-refractivity contribution in [1.29, 1.82) is 0 Å². The van der Waals surface area contributed by atoms with Crippen LogP contribution in [-0.2, 0) is 4.79 Å². The van der Waals surface area contributed by atoms with Crippen LogP contribution in [0.4, 0.5) is 0 Å². The second kappa shape index (κ2) is 5.51. The summed E-state index contributed by atoms with van der Waals surface area (Å²) in [5.74, 6) is -1.41. The Bertz CT molecular complexity index is 238. The van der Waals surface area contributed by atoms with Gasteiger partial charge in [-0.25, -0.2) is 4.79 Å². The number of aliphatic hydroxyl groups excluding tert-OH is 1. The summed E-state index contributed by atoms with van der Waals surface area (Å²) in [7, 11) is 0. The smallest absolute Gasteiger partial charge is 0.333 e. The molecule has 1 rings (SSSR count). The zero-order valence-electron chi connectivity index (χ0n) is 7.95.